The average Bonchev–Trinajstić information content (AvgIpc) is 2.27. The summed E-state index contributed by atoms with van der Waals surface area (Å²) in [7, 11) is 3.13. The van der Waals surface area contributed by atoms with Crippen LogP contribution in [0.1, 0.15) is 10.4 Å². The highest BCUT2D eigenvalue weighted by Crippen LogP contribution is 2.35. The number of nitrogens with one attached hydrogen (secondary N) is 2. The molecule has 0 aliphatic rings. The van der Waals surface area contributed by atoms with Crippen LogP contribution in [0.15, 0.2) is 17.3 Å². The Labute approximate surface area is 91.8 Å². The molecular weight excluding hydrogens is 218 g/mol. The molecule has 0 saturated heterocycles. The maximum absolute atomic E-state index is 11.4. The summed E-state index contributed by atoms with van der Waals surface area (Å²) >= 11 is 5.88. The number of carbonyl (C=O) groups is 1. The summed E-state index contributed by atoms with van der Waals surface area (Å²) in [5, 5.41) is 8.11. The third-order valence-corrected chi connectivity index (χ3v) is 2.33. The van der Waals surface area contributed by atoms with Crippen LogP contribution >= 0.6 is 11.6 Å². The summed E-state index contributed by atoms with van der Waals surface area (Å²) in [5.41, 5.74) is 0.665. The third-order valence-electron chi connectivity index (χ3n) is 1.95. The van der Waals surface area contributed by atoms with Gasteiger partial charge in [-0.3, -0.25) is 4.79 Å². The van der Waals surface area contributed by atoms with Gasteiger partial charge in [-0.25, -0.2) is 0 Å². The molecule has 0 fully saturated rings. The molecule has 1 aromatic carbocycles. The molecule has 2 N–H and O–H groups in total. The number of halogens is 1. The van der Waals surface area contributed by atoms with Gasteiger partial charge in [0.25, 0.3) is 5.91 Å². The number of nitroso groups, excluding NO2 is 1. The first-order valence-corrected chi connectivity index (χ1v) is 4.59. The second-order valence-corrected chi connectivity index (χ2v) is 3.12. The number of hydrogen-bond acceptors (Lipinski definition) is 4. The Bertz CT molecular complexity index is 407. The summed E-state index contributed by atoms with van der Waals surface area (Å²) in [6.45, 7) is 0. The smallest absolute Gasteiger partial charge is 0.253 e. The van der Waals surface area contributed by atoms with E-state index in [1.54, 1.807) is 13.1 Å². The number of nitrogens with zero attached hydrogens (tertiary/aromatic N) is 1. The molecule has 1 aromatic rings. The van der Waals surface area contributed by atoms with Gasteiger partial charge < -0.3 is 10.6 Å². The van der Waals surface area contributed by atoms with Crippen molar-refractivity contribution in [3.8, 4) is 0 Å². The van der Waals surface area contributed by atoms with Crippen molar-refractivity contribution in [2.45, 2.75) is 0 Å². The summed E-state index contributed by atoms with van der Waals surface area (Å²) in [4.78, 5) is 22.0. The van der Waals surface area contributed by atoms with Gasteiger partial charge in [0.05, 0.1) is 16.3 Å². The van der Waals surface area contributed by atoms with Crippen molar-refractivity contribution in [1.29, 1.82) is 0 Å². The standard InChI is InChI=1S/C9H10ClN3O2/c1-11-6-4-3-5(9(14)12-2)8(13-15)7(6)10/h3-4,11H,1-2H3,(H,12,14). The molecule has 0 radical (unpaired) electrons. The SMILES string of the molecule is CNC(=O)c1ccc(NC)c(Cl)c1N=O. The Kier molecular flexibility index (Phi) is 3.62. The Balaban J connectivity index is 3.37. The molecule has 1 rings (SSSR count). The molecule has 0 unspecified atom stereocenters. The second-order valence-electron chi connectivity index (χ2n) is 2.74. The lowest BCUT2D eigenvalue weighted by molar-refractivity contribution is 0.0964. The lowest BCUT2D eigenvalue weighted by atomic mass is 10.1. The fourth-order valence-electron chi connectivity index (χ4n) is 1.16. The Morgan fingerprint density at radius 3 is 2.53 bits per heavy atom. The van der Waals surface area contributed by atoms with Crippen molar-refractivity contribution in [3.05, 3.63) is 27.6 Å². The van der Waals surface area contributed by atoms with Gasteiger partial charge in [-0.15, -0.1) is 4.91 Å². The Morgan fingerprint density at radius 1 is 1.40 bits per heavy atom. The summed E-state index contributed by atoms with van der Waals surface area (Å²) < 4.78 is 0. The number of hydrogen-bond donors (Lipinski definition) is 2. The van der Waals surface area contributed by atoms with Crippen LogP contribution in [0.5, 0.6) is 0 Å². The zero-order chi connectivity index (χ0) is 11.4. The van der Waals surface area contributed by atoms with E-state index < -0.39 is 5.91 Å². The molecule has 0 aromatic heterocycles. The minimum absolute atomic E-state index is 0.0529. The van der Waals surface area contributed by atoms with Crippen molar-refractivity contribution in [2.24, 2.45) is 5.18 Å². The lowest BCUT2D eigenvalue weighted by Gasteiger charge is -2.08. The summed E-state index contributed by atoms with van der Waals surface area (Å²) in [6, 6.07) is 3.11. The van der Waals surface area contributed by atoms with Gasteiger partial charge in [-0.05, 0) is 17.3 Å². The third kappa shape index (κ3) is 2.07. The van der Waals surface area contributed by atoms with Gasteiger partial charge in [-0.2, -0.15) is 0 Å². The summed E-state index contributed by atoms with van der Waals surface area (Å²) in [5.74, 6) is -0.394. The zero-order valence-corrected chi connectivity index (χ0v) is 9.05. The fraction of sp³-hybridized carbons (Fsp3) is 0.222. The average molecular weight is 228 g/mol. The van der Waals surface area contributed by atoms with Crippen LogP contribution < -0.4 is 10.6 Å². The van der Waals surface area contributed by atoms with Crippen molar-refractivity contribution >= 4 is 28.9 Å². The van der Waals surface area contributed by atoms with Gasteiger partial charge in [-0.1, -0.05) is 11.6 Å². The fourth-order valence-corrected chi connectivity index (χ4v) is 1.46. The van der Waals surface area contributed by atoms with Crippen LogP contribution in [0.25, 0.3) is 0 Å². The van der Waals surface area contributed by atoms with Gasteiger partial charge in [0.2, 0.25) is 0 Å². The number of rotatable bonds is 3. The Hall–Kier alpha value is -1.62. The molecule has 0 saturated carbocycles. The molecule has 1 amide bonds. The molecule has 0 spiro atoms. The van der Waals surface area contributed by atoms with Crippen LogP contribution in [0, 0.1) is 4.91 Å². The van der Waals surface area contributed by atoms with E-state index in [0.717, 1.165) is 0 Å². The maximum atomic E-state index is 11.4. The van der Waals surface area contributed by atoms with E-state index >= 15 is 0 Å². The van der Waals surface area contributed by atoms with E-state index in [1.165, 1.54) is 13.1 Å². The molecule has 0 aliphatic heterocycles. The van der Waals surface area contributed by atoms with E-state index in [0.29, 0.717) is 5.69 Å². The number of anilines is 1. The molecule has 0 bridgehead atoms. The van der Waals surface area contributed by atoms with Crippen LogP contribution in [-0.4, -0.2) is 20.0 Å². The van der Waals surface area contributed by atoms with Crippen molar-refractivity contribution in [1.82, 2.24) is 5.32 Å². The Morgan fingerprint density at radius 2 is 2.07 bits per heavy atom. The minimum Gasteiger partial charge on any atom is -0.387 e. The largest absolute Gasteiger partial charge is 0.387 e. The minimum atomic E-state index is -0.394. The predicted octanol–water partition coefficient (Wildman–Crippen LogP) is 2.14. The number of benzene rings is 1. The van der Waals surface area contributed by atoms with Crippen molar-refractivity contribution in [3.63, 3.8) is 0 Å². The highest BCUT2D eigenvalue weighted by Gasteiger charge is 2.16. The molecule has 0 aliphatic carbocycles. The van der Waals surface area contributed by atoms with Gasteiger partial charge in [0.1, 0.15) is 5.69 Å². The van der Waals surface area contributed by atoms with E-state index in [4.69, 9.17) is 11.6 Å². The van der Waals surface area contributed by atoms with Crippen molar-refractivity contribution in [2.75, 3.05) is 19.4 Å². The maximum Gasteiger partial charge on any atom is 0.253 e. The first kappa shape index (κ1) is 11.5. The van der Waals surface area contributed by atoms with Crippen LogP contribution in [0.2, 0.25) is 5.02 Å². The van der Waals surface area contributed by atoms with E-state index in [1.807, 2.05) is 0 Å². The second kappa shape index (κ2) is 4.75. The molecule has 0 atom stereocenters. The van der Waals surface area contributed by atoms with E-state index in [9.17, 15) is 9.70 Å². The molecule has 15 heavy (non-hydrogen) atoms. The molecular formula is C9H10ClN3O2. The highest BCUT2D eigenvalue weighted by molar-refractivity contribution is 6.36. The quantitative estimate of drug-likeness (QED) is 0.778. The first-order valence-electron chi connectivity index (χ1n) is 4.21. The first-order chi connectivity index (χ1) is 7.15. The molecule has 6 heteroatoms. The molecule has 80 valence electrons. The van der Waals surface area contributed by atoms with Crippen LogP contribution in [0.3, 0.4) is 0 Å². The zero-order valence-electron chi connectivity index (χ0n) is 8.30. The van der Waals surface area contributed by atoms with Crippen LogP contribution in [-0.2, 0) is 0 Å². The summed E-state index contributed by atoms with van der Waals surface area (Å²) in [6.07, 6.45) is 0. The van der Waals surface area contributed by atoms with Gasteiger partial charge in [0.15, 0.2) is 0 Å². The number of carbonyl (C=O) groups excluding carboxylic acids is 1. The number of amides is 1. The normalized spacial score (nSPS) is 9.53. The van der Waals surface area contributed by atoms with Gasteiger partial charge >= 0.3 is 0 Å². The monoisotopic (exact) mass is 227 g/mol. The van der Waals surface area contributed by atoms with E-state index in [-0.39, 0.29) is 16.3 Å². The van der Waals surface area contributed by atoms with E-state index in [2.05, 4.69) is 15.8 Å². The molecule has 0 heterocycles. The van der Waals surface area contributed by atoms with Crippen LogP contribution in [0.4, 0.5) is 11.4 Å². The highest BCUT2D eigenvalue weighted by atomic mass is 35.5. The predicted molar refractivity (Wildman–Crippen MR) is 59.8 cm³/mol. The topological polar surface area (TPSA) is 70.6 Å². The molecule has 5 nitrogen and oxygen atoms in total. The van der Waals surface area contributed by atoms with Gasteiger partial charge in [0, 0.05) is 14.1 Å². The lowest BCUT2D eigenvalue weighted by Crippen LogP contribution is -2.18. The van der Waals surface area contributed by atoms with Crippen molar-refractivity contribution < 1.29 is 4.79 Å².